The van der Waals surface area contributed by atoms with Crippen molar-refractivity contribution in [2.24, 2.45) is 0 Å². The van der Waals surface area contributed by atoms with Gasteiger partial charge in [0.25, 0.3) is 11.8 Å². The van der Waals surface area contributed by atoms with Crippen LogP contribution in [0.3, 0.4) is 0 Å². The predicted molar refractivity (Wildman–Crippen MR) is 86.2 cm³/mol. The lowest BCUT2D eigenvalue weighted by Crippen LogP contribution is -2.31. The highest BCUT2D eigenvalue weighted by Gasteiger charge is 2.13. The van der Waals surface area contributed by atoms with Crippen LogP contribution in [0.4, 0.5) is 5.69 Å². The summed E-state index contributed by atoms with van der Waals surface area (Å²) < 4.78 is 0. The van der Waals surface area contributed by atoms with E-state index in [4.69, 9.17) is 11.6 Å². The normalized spacial score (nSPS) is 10.4. The molecule has 0 aliphatic carbocycles. The van der Waals surface area contributed by atoms with Crippen LogP contribution in [0.25, 0.3) is 0 Å². The minimum atomic E-state index is -0.424. The second-order valence-electron chi connectivity index (χ2n) is 4.97. The predicted octanol–water partition coefficient (Wildman–Crippen LogP) is 3.13. The SMILES string of the molecule is CC(C)NC(=O)c1cccc(C(=O)Nc2ccccc2Cl)n1. The highest BCUT2D eigenvalue weighted by molar-refractivity contribution is 6.33. The largest absolute Gasteiger partial charge is 0.349 e. The first-order chi connectivity index (χ1) is 10.5. The van der Waals surface area contributed by atoms with Gasteiger partial charge in [-0.05, 0) is 38.1 Å². The third-order valence-electron chi connectivity index (χ3n) is 2.76. The zero-order valence-corrected chi connectivity index (χ0v) is 13.0. The van der Waals surface area contributed by atoms with E-state index in [-0.39, 0.29) is 23.3 Å². The summed E-state index contributed by atoms with van der Waals surface area (Å²) in [4.78, 5) is 28.2. The molecule has 6 heteroatoms. The second kappa shape index (κ2) is 7.04. The highest BCUT2D eigenvalue weighted by Crippen LogP contribution is 2.20. The molecule has 2 rings (SSSR count). The van der Waals surface area contributed by atoms with Crippen molar-refractivity contribution in [3.05, 3.63) is 58.9 Å². The summed E-state index contributed by atoms with van der Waals surface area (Å²) in [5, 5.41) is 5.83. The number of aromatic nitrogens is 1. The number of carbonyl (C=O) groups is 2. The Morgan fingerprint density at radius 1 is 1.00 bits per heavy atom. The van der Waals surface area contributed by atoms with Gasteiger partial charge in [-0.15, -0.1) is 0 Å². The summed E-state index contributed by atoms with van der Waals surface area (Å²) in [5.74, 6) is -0.741. The topological polar surface area (TPSA) is 71.1 Å². The van der Waals surface area contributed by atoms with Crippen LogP contribution in [0, 0.1) is 0 Å². The molecule has 2 N–H and O–H groups in total. The molecule has 0 bridgehead atoms. The maximum absolute atomic E-state index is 12.2. The third kappa shape index (κ3) is 4.05. The van der Waals surface area contributed by atoms with Crippen molar-refractivity contribution >= 4 is 29.1 Å². The van der Waals surface area contributed by atoms with Crippen molar-refractivity contribution in [3.8, 4) is 0 Å². The van der Waals surface area contributed by atoms with E-state index in [1.54, 1.807) is 42.5 Å². The molecule has 1 aromatic carbocycles. The highest BCUT2D eigenvalue weighted by atomic mass is 35.5. The molecule has 22 heavy (non-hydrogen) atoms. The Hall–Kier alpha value is -2.40. The molecule has 1 aromatic heterocycles. The summed E-state index contributed by atoms with van der Waals surface area (Å²) in [6, 6.07) is 11.6. The number of anilines is 1. The summed E-state index contributed by atoms with van der Waals surface area (Å²) in [7, 11) is 0. The Balaban J connectivity index is 2.17. The van der Waals surface area contributed by atoms with Crippen LogP contribution in [-0.4, -0.2) is 22.8 Å². The molecule has 0 atom stereocenters. The lowest BCUT2D eigenvalue weighted by Gasteiger charge is -2.09. The Bertz CT molecular complexity index is 701. The van der Waals surface area contributed by atoms with E-state index in [9.17, 15) is 9.59 Å². The number of hydrogen-bond donors (Lipinski definition) is 2. The van der Waals surface area contributed by atoms with E-state index in [1.807, 2.05) is 13.8 Å². The van der Waals surface area contributed by atoms with E-state index in [0.29, 0.717) is 10.7 Å². The molecular formula is C16H16ClN3O2. The number of carbonyl (C=O) groups excluding carboxylic acids is 2. The van der Waals surface area contributed by atoms with Crippen molar-refractivity contribution in [1.29, 1.82) is 0 Å². The number of pyridine rings is 1. The Morgan fingerprint density at radius 3 is 2.27 bits per heavy atom. The Kier molecular flexibility index (Phi) is 5.12. The van der Waals surface area contributed by atoms with Gasteiger partial charge in [0.05, 0.1) is 10.7 Å². The molecule has 0 unspecified atom stereocenters. The molecule has 114 valence electrons. The van der Waals surface area contributed by atoms with Crippen molar-refractivity contribution in [1.82, 2.24) is 10.3 Å². The van der Waals surface area contributed by atoms with Gasteiger partial charge in [-0.3, -0.25) is 9.59 Å². The molecular weight excluding hydrogens is 302 g/mol. The minimum Gasteiger partial charge on any atom is -0.349 e. The van der Waals surface area contributed by atoms with Gasteiger partial charge in [-0.2, -0.15) is 0 Å². The molecule has 0 saturated carbocycles. The van der Waals surface area contributed by atoms with Gasteiger partial charge in [-0.25, -0.2) is 4.98 Å². The average molecular weight is 318 g/mol. The van der Waals surface area contributed by atoms with Crippen LogP contribution in [0.5, 0.6) is 0 Å². The number of hydrogen-bond acceptors (Lipinski definition) is 3. The molecule has 0 aliphatic rings. The van der Waals surface area contributed by atoms with Gasteiger partial charge >= 0.3 is 0 Å². The van der Waals surface area contributed by atoms with Crippen molar-refractivity contribution < 1.29 is 9.59 Å². The molecule has 1 heterocycles. The quantitative estimate of drug-likeness (QED) is 0.910. The smallest absolute Gasteiger partial charge is 0.274 e. The number of rotatable bonds is 4. The van der Waals surface area contributed by atoms with Crippen molar-refractivity contribution in [3.63, 3.8) is 0 Å². The number of benzene rings is 1. The fraction of sp³-hybridized carbons (Fsp3) is 0.188. The molecule has 5 nitrogen and oxygen atoms in total. The number of halogens is 1. The molecule has 0 aliphatic heterocycles. The van der Waals surface area contributed by atoms with Gasteiger partial charge in [-0.1, -0.05) is 29.8 Å². The fourth-order valence-electron chi connectivity index (χ4n) is 1.77. The molecule has 0 fully saturated rings. The van der Waals surface area contributed by atoms with Gasteiger partial charge in [0, 0.05) is 6.04 Å². The minimum absolute atomic E-state index is 0.00471. The molecule has 2 aromatic rings. The summed E-state index contributed by atoms with van der Waals surface area (Å²) in [6.45, 7) is 3.71. The van der Waals surface area contributed by atoms with Crippen LogP contribution in [-0.2, 0) is 0 Å². The zero-order chi connectivity index (χ0) is 16.1. The van der Waals surface area contributed by atoms with E-state index >= 15 is 0 Å². The van der Waals surface area contributed by atoms with Gasteiger partial charge < -0.3 is 10.6 Å². The molecule has 0 spiro atoms. The first-order valence-corrected chi connectivity index (χ1v) is 7.19. The third-order valence-corrected chi connectivity index (χ3v) is 3.09. The maximum atomic E-state index is 12.2. The van der Waals surface area contributed by atoms with Crippen LogP contribution >= 0.6 is 11.6 Å². The van der Waals surface area contributed by atoms with Crippen LogP contribution in [0.2, 0.25) is 5.02 Å². The zero-order valence-electron chi connectivity index (χ0n) is 12.3. The lowest BCUT2D eigenvalue weighted by atomic mass is 10.2. The molecule has 2 amide bonds. The summed E-state index contributed by atoms with van der Waals surface area (Å²) in [6.07, 6.45) is 0. The first-order valence-electron chi connectivity index (χ1n) is 6.81. The van der Waals surface area contributed by atoms with E-state index < -0.39 is 5.91 Å². The van der Waals surface area contributed by atoms with Crippen LogP contribution in [0.15, 0.2) is 42.5 Å². The monoisotopic (exact) mass is 317 g/mol. The number of nitrogens with zero attached hydrogens (tertiary/aromatic N) is 1. The van der Waals surface area contributed by atoms with E-state index in [2.05, 4.69) is 15.6 Å². The van der Waals surface area contributed by atoms with Crippen LogP contribution in [0.1, 0.15) is 34.8 Å². The van der Waals surface area contributed by atoms with Crippen LogP contribution < -0.4 is 10.6 Å². The second-order valence-corrected chi connectivity index (χ2v) is 5.38. The fourth-order valence-corrected chi connectivity index (χ4v) is 1.96. The van der Waals surface area contributed by atoms with Crippen molar-refractivity contribution in [2.75, 3.05) is 5.32 Å². The van der Waals surface area contributed by atoms with Gasteiger partial charge in [0.15, 0.2) is 0 Å². The molecule has 0 saturated heterocycles. The lowest BCUT2D eigenvalue weighted by molar-refractivity contribution is 0.0938. The van der Waals surface area contributed by atoms with Crippen molar-refractivity contribution in [2.45, 2.75) is 19.9 Å². The van der Waals surface area contributed by atoms with Gasteiger partial charge in [0.1, 0.15) is 11.4 Å². The maximum Gasteiger partial charge on any atom is 0.274 e. The van der Waals surface area contributed by atoms with E-state index in [0.717, 1.165) is 0 Å². The average Bonchev–Trinajstić information content (AvgIpc) is 2.49. The number of nitrogens with one attached hydrogen (secondary N) is 2. The Labute approximate surface area is 133 Å². The van der Waals surface area contributed by atoms with E-state index in [1.165, 1.54) is 0 Å². The summed E-state index contributed by atoms with van der Waals surface area (Å²) >= 11 is 6.00. The number of amides is 2. The molecule has 0 radical (unpaired) electrons. The first kappa shape index (κ1) is 16.0. The summed E-state index contributed by atoms with van der Waals surface area (Å²) in [5.41, 5.74) is 0.838. The standard InChI is InChI=1S/C16H16ClN3O2/c1-10(2)18-15(21)13-8-5-9-14(19-13)16(22)20-12-7-4-3-6-11(12)17/h3-10H,1-2H3,(H,18,21)(H,20,22). The number of para-hydroxylation sites is 1. The Morgan fingerprint density at radius 2 is 1.64 bits per heavy atom. The van der Waals surface area contributed by atoms with Gasteiger partial charge in [0.2, 0.25) is 0 Å².